The van der Waals surface area contributed by atoms with E-state index in [1.165, 1.54) is 14.2 Å². The van der Waals surface area contributed by atoms with Gasteiger partial charge in [0, 0.05) is 0 Å². The van der Waals surface area contributed by atoms with Crippen LogP contribution in [0.5, 0.6) is 0 Å². The van der Waals surface area contributed by atoms with Crippen LogP contribution in [-0.4, -0.2) is 26.2 Å². The molecule has 0 spiro atoms. The Morgan fingerprint density at radius 3 is 1.52 bits per heavy atom. The summed E-state index contributed by atoms with van der Waals surface area (Å²) in [6, 6.07) is 4.08. The SMILES string of the molecule is COC(=O)C1=C(C(=O)OC)[C@]2(C)N[C@]1(C)c1c(C)ccc(C)c12. The van der Waals surface area contributed by atoms with E-state index < -0.39 is 23.0 Å². The standard InChI is InChI=1S/C18H21NO4/c1-9-7-8-10(2)12-11(9)17(3)13(15(20)22-5)14(16(21)23-6)18(12,4)19-17/h7-8,19H,1-6H3/t17-,18-/m1/s1. The van der Waals surface area contributed by atoms with Crippen molar-refractivity contribution in [2.24, 2.45) is 0 Å². The minimum atomic E-state index is -0.767. The number of hydrogen-bond donors (Lipinski definition) is 1. The molecule has 0 aliphatic carbocycles. The monoisotopic (exact) mass is 315 g/mol. The van der Waals surface area contributed by atoms with Gasteiger partial charge in [-0.2, -0.15) is 0 Å². The van der Waals surface area contributed by atoms with Crippen LogP contribution in [0.25, 0.3) is 0 Å². The summed E-state index contributed by atoms with van der Waals surface area (Å²) in [6.07, 6.45) is 0. The number of carbonyl (C=O) groups excluding carboxylic acids is 2. The Hall–Kier alpha value is -2.14. The molecule has 0 aromatic heterocycles. The lowest BCUT2D eigenvalue weighted by Crippen LogP contribution is -2.40. The number of esters is 2. The maximum atomic E-state index is 12.5. The first kappa shape index (κ1) is 15.7. The van der Waals surface area contributed by atoms with Gasteiger partial charge >= 0.3 is 11.9 Å². The second-order valence-electron chi connectivity index (χ2n) is 6.56. The molecule has 1 aromatic carbocycles. The van der Waals surface area contributed by atoms with Crippen LogP contribution >= 0.6 is 0 Å². The lowest BCUT2D eigenvalue weighted by molar-refractivity contribution is -0.140. The summed E-state index contributed by atoms with van der Waals surface area (Å²) in [7, 11) is 2.65. The van der Waals surface area contributed by atoms with Gasteiger partial charge in [-0.3, -0.25) is 5.32 Å². The first-order valence-corrected chi connectivity index (χ1v) is 7.54. The van der Waals surface area contributed by atoms with E-state index in [1.54, 1.807) is 0 Å². The van der Waals surface area contributed by atoms with Crippen LogP contribution in [0.2, 0.25) is 0 Å². The zero-order valence-electron chi connectivity index (χ0n) is 14.3. The van der Waals surface area contributed by atoms with Crippen molar-refractivity contribution in [1.29, 1.82) is 0 Å². The topological polar surface area (TPSA) is 64.6 Å². The third-order valence-corrected chi connectivity index (χ3v) is 5.15. The number of hydrogen-bond acceptors (Lipinski definition) is 5. The van der Waals surface area contributed by atoms with Crippen molar-refractivity contribution in [2.75, 3.05) is 14.2 Å². The summed E-state index contributed by atoms with van der Waals surface area (Å²) >= 11 is 0. The van der Waals surface area contributed by atoms with Gasteiger partial charge in [0.15, 0.2) is 0 Å². The lowest BCUT2D eigenvalue weighted by atomic mass is 9.71. The lowest BCUT2D eigenvalue weighted by Gasteiger charge is -2.30. The van der Waals surface area contributed by atoms with Gasteiger partial charge in [-0.25, -0.2) is 9.59 Å². The molecule has 0 saturated carbocycles. The van der Waals surface area contributed by atoms with Crippen molar-refractivity contribution in [3.63, 3.8) is 0 Å². The van der Waals surface area contributed by atoms with Crippen LogP contribution in [0.15, 0.2) is 23.3 Å². The molecule has 122 valence electrons. The van der Waals surface area contributed by atoms with Crippen molar-refractivity contribution in [1.82, 2.24) is 5.32 Å². The molecule has 0 saturated heterocycles. The van der Waals surface area contributed by atoms with Gasteiger partial charge in [-0.1, -0.05) is 12.1 Å². The van der Waals surface area contributed by atoms with Gasteiger partial charge in [0.1, 0.15) is 0 Å². The van der Waals surface area contributed by atoms with E-state index >= 15 is 0 Å². The van der Waals surface area contributed by atoms with Gasteiger partial charge in [-0.05, 0) is 49.9 Å². The first-order valence-electron chi connectivity index (χ1n) is 7.54. The van der Waals surface area contributed by atoms with E-state index in [-0.39, 0.29) is 0 Å². The van der Waals surface area contributed by atoms with E-state index in [4.69, 9.17) is 9.47 Å². The van der Waals surface area contributed by atoms with Crippen LogP contribution < -0.4 is 5.32 Å². The zero-order valence-corrected chi connectivity index (χ0v) is 14.3. The molecular weight excluding hydrogens is 294 g/mol. The minimum Gasteiger partial charge on any atom is -0.466 e. The number of fused-ring (bicyclic) bond motifs is 5. The van der Waals surface area contributed by atoms with E-state index in [0.29, 0.717) is 11.1 Å². The van der Waals surface area contributed by atoms with Crippen LogP contribution in [-0.2, 0) is 30.1 Å². The summed E-state index contributed by atoms with van der Waals surface area (Å²) in [5, 5.41) is 3.48. The van der Waals surface area contributed by atoms with Crippen molar-refractivity contribution in [3.8, 4) is 0 Å². The fourth-order valence-corrected chi connectivity index (χ4v) is 4.42. The van der Waals surface area contributed by atoms with E-state index in [1.807, 2.05) is 39.8 Å². The molecule has 3 rings (SSSR count). The van der Waals surface area contributed by atoms with Crippen LogP contribution in [0.4, 0.5) is 0 Å². The number of benzene rings is 1. The molecule has 2 bridgehead atoms. The molecule has 2 atom stereocenters. The summed E-state index contributed by atoms with van der Waals surface area (Å²) in [5.41, 5.74) is 3.41. The molecule has 5 heteroatoms. The average molecular weight is 315 g/mol. The van der Waals surface area contributed by atoms with Crippen LogP contribution in [0.1, 0.15) is 36.1 Å². The fourth-order valence-electron chi connectivity index (χ4n) is 4.42. The highest BCUT2D eigenvalue weighted by molar-refractivity contribution is 6.06. The van der Waals surface area contributed by atoms with Gasteiger partial charge in [0.2, 0.25) is 0 Å². The van der Waals surface area contributed by atoms with Gasteiger partial charge in [0.05, 0.1) is 36.4 Å². The largest absolute Gasteiger partial charge is 0.466 e. The summed E-state index contributed by atoms with van der Waals surface area (Å²) < 4.78 is 9.92. The Kier molecular flexibility index (Phi) is 3.20. The quantitative estimate of drug-likeness (QED) is 0.846. The number of methoxy groups -OCH3 is 2. The fraction of sp³-hybridized carbons (Fsp3) is 0.444. The predicted molar refractivity (Wildman–Crippen MR) is 84.8 cm³/mol. The minimum absolute atomic E-state index is 0.343. The van der Waals surface area contributed by atoms with E-state index in [2.05, 4.69) is 5.32 Å². The molecule has 2 aliphatic heterocycles. The molecule has 1 N–H and O–H groups in total. The molecule has 1 aromatic rings. The molecule has 0 fully saturated rings. The highest BCUT2D eigenvalue weighted by Gasteiger charge is 2.63. The maximum Gasteiger partial charge on any atom is 0.336 e. The Morgan fingerprint density at radius 1 is 0.870 bits per heavy atom. The maximum absolute atomic E-state index is 12.5. The van der Waals surface area contributed by atoms with Gasteiger partial charge in [-0.15, -0.1) is 0 Å². The Labute approximate surface area is 135 Å². The molecule has 2 aliphatic rings. The van der Waals surface area contributed by atoms with Crippen molar-refractivity contribution < 1.29 is 19.1 Å². The second kappa shape index (κ2) is 4.68. The third-order valence-electron chi connectivity index (χ3n) is 5.15. The van der Waals surface area contributed by atoms with Crippen molar-refractivity contribution in [3.05, 3.63) is 45.5 Å². The number of rotatable bonds is 2. The second-order valence-corrected chi connectivity index (χ2v) is 6.56. The van der Waals surface area contributed by atoms with Crippen molar-refractivity contribution in [2.45, 2.75) is 38.8 Å². The normalized spacial score (nSPS) is 27.9. The first-order chi connectivity index (χ1) is 10.7. The predicted octanol–water partition coefficient (Wildman–Crippen LogP) is 1.99. The smallest absolute Gasteiger partial charge is 0.336 e. The molecule has 0 amide bonds. The van der Waals surface area contributed by atoms with E-state index in [0.717, 1.165) is 22.3 Å². The number of ether oxygens (including phenoxy) is 2. The number of nitrogens with one attached hydrogen (secondary N) is 1. The Morgan fingerprint density at radius 2 is 1.22 bits per heavy atom. The molecule has 0 radical (unpaired) electrons. The number of aryl methyl sites for hydroxylation is 2. The van der Waals surface area contributed by atoms with Crippen LogP contribution in [0, 0.1) is 13.8 Å². The molecule has 23 heavy (non-hydrogen) atoms. The molecule has 0 unspecified atom stereocenters. The molecular formula is C18H21NO4. The Balaban J connectivity index is 2.42. The highest BCUT2D eigenvalue weighted by atomic mass is 16.5. The molecule has 5 nitrogen and oxygen atoms in total. The van der Waals surface area contributed by atoms with Gasteiger partial charge in [0.25, 0.3) is 0 Å². The van der Waals surface area contributed by atoms with Crippen LogP contribution in [0.3, 0.4) is 0 Å². The zero-order chi connectivity index (χ0) is 17.2. The van der Waals surface area contributed by atoms with E-state index in [9.17, 15) is 9.59 Å². The summed E-state index contributed by atoms with van der Waals surface area (Å²) in [6.45, 7) is 7.88. The number of carbonyl (C=O) groups is 2. The average Bonchev–Trinajstić information content (AvgIpc) is 2.90. The summed E-state index contributed by atoms with van der Waals surface area (Å²) in [4.78, 5) is 24.9. The highest BCUT2D eigenvalue weighted by Crippen LogP contribution is 2.58. The third kappa shape index (κ3) is 1.71. The van der Waals surface area contributed by atoms with Crippen molar-refractivity contribution >= 4 is 11.9 Å². The Bertz CT molecular complexity index is 716. The van der Waals surface area contributed by atoms with Gasteiger partial charge < -0.3 is 9.47 Å². The summed E-state index contributed by atoms with van der Waals surface area (Å²) in [5.74, 6) is -1.01. The molecule has 2 heterocycles.